The minimum absolute atomic E-state index is 0.0923. The van der Waals surface area contributed by atoms with E-state index in [1.165, 1.54) is 56.7 Å². The van der Waals surface area contributed by atoms with Gasteiger partial charge in [0.1, 0.15) is 6.10 Å². The van der Waals surface area contributed by atoms with Crippen molar-refractivity contribution < 1.29 is 24.6 Å². The van der Waals surface area contributed by atoms with Crippen LogP contribution in [0.15, 0.2) is 0 Å². The number of hydrogen-bond acceptors (Lipinski definition) is 6. The van der Waals surface area contributed by atoms with Gasteiger partial charge in [0.05, 0.1) is 6.61 Å². The molecule has 0 aliphatic carbocycles. The molecule has 0 spiro atoms. The lowest BCUT2D eigenvalue weighted by Gasteiger charge is -2.27. The smallest absolute Gasteiger partial charge is 0.249 e. The lowest BCUT2D eigenvalue weighted by Crippen LogP contribution is -2.46. The third kappa shape index (κ3) is 16.2. The van der Waals surface area contributed by atoms with Crippen LogP contribution in [0.3, 0.4) is 0 Å². The van der Waals surface area contributed by atoms with Crippen LogP contribution >= 0.6 is 11.8 Å². The first-order valence-electron chi connectivity index (χ1n) is 11.7. The topological polar surface area (TPSA) is 116 Å². The first kappa shape index (κ1) is 29.9. The van der Waals surface area contributed by atoms with E-state index in [1.54, 1.807) is 13.8 Å². The van der Waals surface area contributed by atoms with Crippen LogP contribution in [0.5, 0.6) is 0 Å². The van der Waals surface area contributed by atoms with Crippen molar-refractivity contribution in [2.45, 2.75) is 97.5 Å². The van der Waals surface area contributed by atoms with Crippen LogP contribution < -0.4 is 10.6 Å². The Morgan fingerprint density at radius 3 is 2.03 bits per heavy atom. The molecule has 0 aromatic carbocycles. The van der Waals surface area contributed by atoms with Crippen molar-refractivity contribution >= 4 is 28.7 Å². The van der Waals surface area contributed by atoms with E-state index < -0.39 is 17.4 Å². The van der Waals surface area contributed by atoms with Crippen molar-refractivity contribution in [1.29, 1.82) is 0 Å². The minimum Gasteiger partial charge on any atom is -0.396 e. The first-order valence-corrected chi connectivity index (χ1v) is 12.7. The largest absolute Gasteiger partial charge is 0.396 e. The second kappa shape index (κ2) is 18.5. The maximum Gasteiger partial charge on any atom is 0.249 e. The highest BCUT2D eigenvalue weighted by Gasteiger charge is 2.32. The number of hydrogen-bond donors (Lipinski definition) is 4. The van der Waals surface area contributed by atoms with Crippen molar-refractivity contribution in [3.8, 4) is 0 Å². The number of carbonyl (C=O) groups is 3. The first-order chi connectivity index (χ1) is 14.7. The second-order valence-corrected chi connectivity index (χ2v) is 9.89. The van der Waals surface area contributed by atoms with Gasteiger partial charge in [0.2, 0.25) is 11.8 Å². The van der Waals surface area contributed by atoms with Gasteiger partial charge in [-0.1, -0.05) is 83.9 Å². The van der Waals surface area contributed by atoms with Crippen LogP contribution in [0, 0.1) is 5.41 Å². The summed E-state index contributed by atoms with van der Waals surface area (Å²) in [5.74, 6) is -0.287. The van der Waals surface area contributed by atoms with Gasteiger partial charge < -0.3 is 20.8 Å². The second-order valence-electron chi connectivity index (χ2n) is 8.74. The summed E-state index contributed by atoms with van der Waals surface area (Å²) in [7, 11) is 0. The summed E-state index contributed by atoms with van der Waals surface area (Å²) in [6, 6.07) is 0. The molecule has 0 bridgehead atoms. The summed E-state index contributed by atoms with van der Waals surface area (Å²) in [6.07, 6.45) is 10.4. The van der Waals surface area contributed by atoms with Crippen molar-refractivity contribution in [1.82, 2.24) is 10.6 Å². The molecule has 0 saturated carbocycles. The van der Waals surface area contributed by atoms with Gasteiger partial charge in [-0.05, 0) is 6.42 Å². The molecule has 0 radical (unpaired) electrons. The van der Waals surface area contributed by atoms with E-state index in [-0.39, 0.29) is 30.6 Å². The van der Waals surface area contributed by atoms with Crippen LogP contribution in [0.2, 0.25) is 0 Å². The summed E-state index contributed by atoms with van der Waals surface area (Å²) >= 11 is 1.25. The van der Waals surface area contributed by atoms with Crippen molar-refractivity contribution in [2.75, 3.05) is 25.4 Å². The molecule has 0 unspecified atom stereocenters. The molecule has 0 fully saturated rings. The molecular weight excluding hydrogens is 416 g/mol. The van der Waals surface area contributed by atoms with Crippen molar-refractivity contribution in [3.63, 3.8) is 0 Å². The maximum absolute atomic E-state index is 11.9. The zero-order chi connectivity index (χ0) is 23.5. The highest BCUT2D eigenvalue weighted by molar-refractivity contribution is 8.13. The number of thioether (sulfide) groups is 1. The van der Waals surface area contributed by atoms with E-state index in [0.29, 0.717) is 18.7 Å². The molecule has 7 nitrogen and oxygen atoms in total. The Hall–Kier alpha value is -1.12. The molecule has 1 atom stereocenters. The number of carbonyl (C=O) groups excluding carboxylic acids is 3. The van der Waals surface area contributed by atoms with Crippen molar-refractivity contribution in [2.24, 2.45) is 5.41 Å². The van der Waals surface area contributed by atoms with Crippen molar-refractivity contribution in [3.05, 3.63) is 0 Å². The lowest BCUT2D eigenvalue weighted by atomic mass is 9.87. The van der Waals surface area contributed by atoms with Gasteiger partial charge in [0, 0.05) is 37.1 Å². The zero-order valence-corrected chi connectivity index (χ0v) is 20.5. The van der Waals surface area contributed by atoms with Crippen LogP contribution in [0.1, 0.15) is 91.4 Å². The molecule has 182 valence electrons. The molecular formula is C23H44N2O5S. The summed E-state index contributed by atoms with van der Waals surface area (Å²) < 4.78 is 0. The van der Waals surface area contributed by atoms with Gasteiger partial charge in [0.25, 0.3) is 0 Å². The van der Waals surface area contributed by atoms with E-state index in [9.17, 15) is 24.6 Å². The summed E-state index contributed by atoms with van der Waals surface area (Å²) in [5.41, 5.74) is -0.940. The molecule has 4 N–H and O–H groups in total. The maximum atomic E-state index is 11.9. The van der Waals surface area contributed by atoms with Gasteiger partial charge in [-0.15, -0.1) is 0 Å². The Morgan fingerprint density at radius 1 is 0.871 bits per heavy atom. The van der Waals surface area contributed by atoms with Gasteiger partial charge in [-0.25, -0.2) is 0 Å². The van der Waals surface area contributed by atoms with E-state index >= 15 is 0 Å². The molecule has 31 heavy (non-hydrogen) atoms. The Bertz CT molecular complexity index is 514. The average Bonchev–Trinajstić information content (AvgIpc) is 2.74. The number of unbranched alkanes of at least 4 members (excludes halogenated alkanes) is 8. The molecule has 0 rings (SSSR count). The summed E-state index contributed by atoms with van der Waals surface area (Å²) in [4.78, 5) is 35.5. The quantitative estimate of drug-likeness (QED) is 0.220. The summed E-state index contributed by atoms with van der Waals surface area (Å²) in [6.45, 7) is 5.57. The molecule has 8 heteroatoms. The van der Waals surface area contributed by atoms with E-state index in [0.717, 1.165) is 12.8 Å². The Labute approximate surface area is 192 Å². The summed E-state index contributed by atoms with van der Waals surface area (Å²) in [5, 5.41) is 24.4. The lowest BCUT2D eigenvalue weighted by molar-refractivity contribution is -0.137. The fourth-order valence-electron chi connectivity index (χ4n) is 2.93. The molecule has 0 aliphatic heterocycles. The fraction of sp³-hybridized carbons (Fsp3) is 0.870. The van der Waals surface area contributed by atoms with Gasteiger partial charge >= 0.3 is 0 Å². The zero-order valence-electron chi connectivity index (χ0n) is 19.7. The van der Waals surface area contributed by atoms with Gasteiger partial charge in [-0.2, -0.15) is 0 Å². The number of aliphatic hydroxyl groups excluding tert-OH is 2. The molecule has 0 heterocycles. The highest BCUT2D eigenvalue weighted by Crippen LogP contribution is 2.19. The monoisotopic (exact) mass is 460 g/mol. The Morgan fingerprint density at radius 2 is 1.45 bits per heavy atom. The third-order valence-electron chi connectivity index (χ3n) is 5.22. The van der Waals surface area contributed by atoms with Crippen LogP contribution in [-0.2, 0) is 14.4 Å². The number of aliphatic hydroxyl groups is 2. The molecule has 0 aromatic heterocycles. The predicted octanol–water partition coefficient (Wildman–Crippen LogP) is 3.17. The Balaban J connectivity index is 3.62. The van der Waals surface area contributed by atoms with Gasteiger partial charge in [-0.3, -0.25) is 14.4 Å². The van der Waals surface area contributed by atoms with Crippen LogP contribution in [0.4, 0.5) is 0 Å². The number of amides is 2. The van der Waals surface area contributed by atoms with Crippen LogP contribution in [-0.4, -0.2) is 58.7 Å². The minimum atomic E-state index is -1.34. The molecule has 0 aliphatic rings. The molecule has 0 aromatic rings. The molecule has 2 amide bonds. The predicted molar refractivity (Wildman–Crippen MR) is 127 cm³/mol. The molecule has 0 saturated heterocycles. The van der Waals surface area contributed by atoms with E-state index in [2.05, 4.69) is 17.6 Å². The average molecular weight is 461 g/mol. The van der Waals surface area contributed by atoms with E-state index in [1.807, 2.05) is 0 Å². The number of nitrogens with one attached hydrogen (secondary N) is 2. The normalized spacial score (nSPS) is 12.4. The van der Waals surface area contributed by atoms with Crippen LogP contribution in [0.25, 0.3) is 0 Å². The third-order valence-corrected chi connectivity index (χ3v) is 6.15. The van der Waals surface area contributed by atoms with E-state index in [4.69, 9.17) is 0 Å². The fourth-order valence-corrected chi connectivity index (χ4v) is 3.65. The standard InChI is InChI=1S/C23H44N2O5S/c1-4-5-6-7-8-9-10-11-12-13-20(28)31-17-16-24-19(27)14-15-25-22(30)21(29)23(2,3)18-26/h21,26,29H,4-18H2,1-3H3,(H,24,27)(H,25,30)/t21-/m0/s1. The number of rotatable bonds is 19. The highest BCUT2D eigenvalue weighted by atomic mass is 32.2. The SMILES string of the molecule is CCCCCCCCCCCC(=O)SCCNC(=O)CCNC(=O)[C@H](O)C(C)(C)CO. The Kier molecular flexibility index (Phi) is 17.8. The van der Waals surface area contributed by atoms with Gasteiger partial charge in [0.15, 0.2) is 5.12 Å².